The highest BCUT2D eigenvalue weighted by Crippen LogP contribution is 2.16. The Bertz CT molecular complexity index is 338. The average molecular weight is 206 g/mol. The van der Waals surface area contributed by atoms with E-state index in [1.165, 1.54) is 11.3 Å². The molecule has 1 aromatic heterocycles. The van der Waals surface area contributed by atoms with Crippen molar-refractivity contribution in [2.75, 3.05) is 26.8 Å². The van der Waals surface area contributed by atoms with Crippen LogP contribution in [0.3, 0.4) is 0 Å². The minimum atomic E-state index is 0.814. The minimum Gasteiger partial charge on any atom is -0.383 e. The summed E-state index contributed by atoms with van der Waals surface area (Å²) in [6, 6.07) is 4.30. The predicted octanol–water partition coefficient (Wildman–Crippen LogP) is 1.39. The number of hydrogen-bond donors (Lipinski definition) is 0. The van der Waals surface area contributed by atoms with Gasteiger partial charge in [0.25, 0.3) is 0 Å². The molecule has 0 atom stereocenters. The van der Waals surface area contributed by atoms with Crippen molar-refractivity contribution in [3.05, 3.63) is 29.1 Å². The van der Waals surface area contributed by atoms with Crippen LogP contribution in [0.15, 0.2) is 12.1 Å². The quantitative estimate of drug-likeness (QED) is 0.747. The van der Waals surface area contributed by atoms with Gasteiger partial charge in [0.15, 0.2) is 0 Å². The predicted molar refractivity (Wildman–Crippen MR) is 59.8 cm³/mol. The van der Waals surface area contributed by atoms with E-state index in [1.807, 2.05) is 0 Å². The first-order valence-electron chi connectivity index (χ1n) is 5.46. The maximum absolute atomic E-state index is 5.09. The van der Waals surface area contributed by atoms with Crippen LogP contribution in [-0.2, 0) is 17.7 Å². The summed E-state index contributed by atoms with van der Waals surface area (Å²) < 4.78 is 5.09. The first-order valence-corrected chi connectivity index (χ1v) is 5.46. The zero-order valence-corrected chi connectivity index (χ0v) is 9.49. The number of ether oxygens (including phenoxy) is 1. The van der Waals surface area contributed by atoms with Crippen molar-refractivity contribution < 1.29 is 4.74 Å². The van der Waals surface area contributed by atoms with E-state index in [0.717, 1.165) is 38.4 Å². The summed E-state index contributed by atoms with van der Waals surface area (Å²) >= 11 is 0. The monoisotopic (exact) mass is 206 g/mol. The number of rotatable bonds is 3. The maximum atomic E-state index is 5.09. The molecule has 0 fully saturated rings. The lowest BCUT2D eigenvalue weighted by molar-refractivity contribution is 0.140. The van der Waals surface area contributed by atoms with Gasteiger partial charge < -0.3 is 4.74 Å². The molecule has 3 heteroatoms. The van der Waals surface area contributed by atoms with E-state index in [9.17, 15) is 0 Å². The van der Waals surface area contributed by atoms with Crippen molar-refractivity contribution in [2.45, 2.75) is 19.9 Å². The van der Waals surface area contributed by atoms with Gasteiger partial charge in [-0.25, -0.2) is 0 Å². The van der Waals surface area contributed by atoms with Crippen LogP contribution < -0.4 is 0 Å². The molecule has 2 heterocycles. The molecule has 82 valence electrons. The Balaban J connectivity index is 2.03. The van der Waals surface area contributed by atoms with Crippen LogP contribution in [0.5, 0.6) is 0 Å². The SMILES string of the molecule is COCCN1CCc2nc(C)ccc2C1. The first kappa shape index (κ1) is 10.6. The molecule has 0 bridgehead atoms. The molecule has 0 aliphatic carbocycles. The van der Waals surface area contributed by atoms with Gasteiger partial charge in [0.05, 0.1) is 6.61 Å². The fourth-order valence-electron chi connectivity index (χ4n) is 1.99. The molecule has 0 amide bonds. The zero-order chi connectivity index (χ0) is 10.7. The first-order chi connectivity index (χ1) is 7.29. The second-order valence-corrected chi connectivity index (χ2v) is 4.08. The number of aromatic nitrogens is 1. The standard InChI is InChI=1S/C12H18N2O/c1-10-3-4-11-9-14(7-8-15-2)6-5-12(11)13-10/h3-4H,5-9H2,1-2H3. The molecule has 1 aromatic rings. The smallest absolute Gasteiger partial charge is 0.0589 e. The van der Waals surface area contributed by atoms with Crippen molar-refractivity contribution in [1.82, 2.24) is 9.88 Å². The summed E-state index contributed by atoms with van der Waals surface area (Å²) in [4.78, 5) is 6.99. The summed E-state index contributed by atoms with van der Waals surface area (Å²) in [5.41, 5.74) is 3.78. The minimum absolute atomic E-state index is 0.814. The van der Waals surface area contributed by atoms with Gasteiger partial charge in [-0.15, -0.1) is 0 Å². The molecule has 0 N–H and O–H groups in total. The lowest BCUT2D eigenvalue weighted by atomic mass is 10.1. The van der Waals surface area contributed by atoms with Gasteiger partial charge in [-0.2, -0.15) is 0 Å². The number of hydrogen-bond acceptors (Lipinski definition) is 3. The van der Waals surface area contributed by atoms with Crippen molar-refractivity contribution in [1.29, 1.82) is 0 Å². The van der Waals surface area contributed by atoms with Crippen molar-refractivity contribution in [3.8, 4) is 0 Å². The van der Waals surface area contributed by atoms with Gasteiger partial charge in [-0.05, 0) is 18.6 Å². The van der Waals surface area contributed by atoms with Crippen LogP contribution in [0.25, 0.3) is 0 Å². The Morgan fingerprint density at radius 2 is 2.33 bits per heavy atom. The fraction of sp³-hybridized carbons (Fsp3) is 0.583. The summed E-state index contributed by atoms with van der Waals surface area (Å²) in [5.74, 6) is 0. The molecule has 1 aliphatic rings. The van der Waals surface area contributed by atoms with Gasteiger partial charge in [0, 0.05) is 44.6 Å². The Morgan fingerprint density at radius 3 is 3.13 bits per heavy atom. The molecule has 0 saturated carbocycles. The summed E-state index contributed by atoms with van der Waals surface area (Å²) in [7, 11) is 1.75. The third kappa shape index (κ3) is 2.55. The van der Waals surface area contributed by atoms with Gasteiger partial charge in [0.2, 0.25) is 0 Å². The van der Waals surface area contributed by atoms with Gasteiger partial charge in [0.1, 0.15) is 0 Å². The Kier molecular flexibility index (Phi) is 3.34. The number of aryl methyl sites for hydroxylation is 1. The third-order valence-corrected chi connectivity index (χ3v) is 2.88. The van der Waals surface area contributed by atoms with Crippen LogP contribution >= 0.6 is 0 Å². The molecular formula is C12H18N2O. The van der Waals surface area contributed by atoms with E-state index in [4.69, 9.17) is 4.74 Å². The zero-order valence-electron chi connectivity index (χ0n) is 9.49. The Hall–Kier alpha value is -0.930. The molecule has 0 aromatic carbocycles. The Morgan fingerprint density at radius 1 is 1.47 bits per heavy atom. The maximum Gasteiger partial charge on any atom is 0.0589 e. The second kappa shape index (κ2) is 4.73. The van der Waals surface area contributed by atoms with Crippen molar-refractivity contribution >= 4 is 0 Å². The van der Waals surface area contributed by atoms with E-state index < -0.39 is 0 Å². The molecule has 15 heavy (non-hydrogen) atoms. The number of methoxy groups -OCH3 is 1. The molecule has 3 nitrogen and oxygen atoms in total. The van der Waals surface area contributed by atoms with E-state index in [-0.39, 0.29) is 0 Å². The summed E-state index contributed by atoms with van der Waals surface area (Å²) in [6.45, 7) is 6.01. The molecule has 2 rings (SSSR count). The van der Waals surface area contributed by atoms with Gasteiger partial charge in [-0.3, -0.25) is 9.88 Å². The topological polar surface area (TPSA) is 25.4 Å². The molecule has 0 spiro atoms. The van der Waals surface area contributed by atoms with Gasteiger partial charge >= 0.3 is 0 Å². The average Bonchev–Trinajstić information content (AvgIpc) is 2.26. The highest BCUT2D eigenvalue weighted by molar-refractivity contribution is 5.24. The normalized spacial score (nSPS) is 16.4. The summed E-state index contributed by atoms with van der Waals surface area (Å²) in [6.07, 6.45) is 1.07. The summed E-state index contributed by atoms with van der Waals surface area (Å²) in [5, 5.41) is 0. The lowest BCUT2D eigenvalue weighted by Gasteiger charge is -2.27. The van der Waals surface area contributed by atoms with E-state index in [0.29, 0.717) is 0 Å². The second-order valence-electron chi connectivity index (χ2n) is 4.08. The number of fused-ring (bicyclic) bond motifs is 1. The molecule has 1 aliphatic heterocycles. The molecule has 0 unspecified atom stereocenters. The molecule has 0 radical (unpaired) electrons. The van der Waals surface area contributed by atoms with Crippen LogP contribution in [0, 0.1) is 6.92 Å². The van der Waals surface area contributed by atoms with Crippen LogP contribution in [0.4, 0.5) is 0 Å². The highest BCUT2D eigenvalue weighted by Gasteiger charge is 2.16. The van der Waals surface area contributed by atoms with E-state index in [1.54, 1.807) is 7.11 Å². The lowest BCUT2D eigenvalue weighted by Crippen LogP contribution is -2.33. The third-order valence-electron chi connectivity index (χ3n) is 2.88. The van der Waals surface area contributed by atoms with Crippen molar-refractivity contribution in [3.63, 3.8) is 0 Å². The fourth-order valence-corrected chi connectivity index (χ4v) is 1.99. The van der Waals surface area contributed by atoms with Crippen LogP contribution in [0.1, 0.15) is 17.0 Å². The largest absolute Gasteiger partial charge is 0.383 e. The molecular weight excluding hydrogens is 188 g/mol. The molecule has 0 saturated heterocycles. The van der Waals surface area contributed by atoms with E-state index in [2.05, 4.69) is 28.9 Å². The Labute approximate surface area is 91.1 Å². The van der Waals surface area contributed by atoms with Crippen LogP contribution in [0.2, 0.25) is 0 Å². The van der Waals surface area contributed by atoms with Crippen LogP contribution in [-0.4, -0.2) is 36.7 Å². The number of nitrogens with zero attached hydrogens (tertiary/aromatic N) is 2. The highest BCUT2D eigenvalue weighted by atomic mass is 16.5. The van der Waals surface area contributed by atoms with Gasteiger partial charge in [-0.1, -0.05) is 6.07 Å². The van der Waals surface area contributed by atoms with Crippen molar-refractivity contribution in [2.24, 2.45) is 0 Å². The number of pyridine rings is 1. The van der Waals surface area contributed by atoms with E-state index >= 15 is 0 Å².